The average molecular weight is 223 g/mol. The largest absolute Gasteiger partial charge is 0.302 e. The fourth-order valence-corrected chi connectivity index (χ4v) is 3.24. The molecule has 0 aliphatic carbocycles. The minimum atomic E-state index is 1.15. The molecule has 0 bridgehead atoms. The zero-order chi connectivity index (χ0) is 10.5. The molecule has 0 N–H and O–H groups in total. The third kappa shape index (κ3) is 3.32. The van der Waals surface area contributed by atoms with Crippen LogP contribution in [0.5, 0.6) is 0 Å². The molecule has 2 heterocycles. The van der Waals surface area contributed by atoms with E-state index in [4.69, 9.17) is 0 Å². The summed E-state index contributed by atoms with van der Waals surface area (Å²) in [5.41, 5.74) is 1.57. The number of hydrogen-bond donors (Lipinski definition) is 0. The molecule has 0 radical (unpaired) electrons. The second kappa shape index (κ2) is 5.66. The van der Waals surface area contributed by atoms with E-state index in [1.54, 1.807) is 10.4 Å². The summed E-state index contributed by atoms with van der Waals surface area (Å²) in [6.45, 7) is 2.41. The van der Waals surface area contributed by atoms with Crippen molar-refractivity contribution in [1.29, 1.82) is 0 Å². The van der Waals surface area contributed by atoms with Gasteiger partial charge < -0.3 is 4.90 Å². The molecule has 1 aromatic rings. The fourth-order valence-electron chi connectivity index (χ4n) is 2.29. The topological polar surface area (TPSA) is 3.24 Å². The van der Waals surface area contributed by atoms with Crippen LogP contribution in [0.4, 0.5) is 0 Å². The molecule has 1 aliphatic rings. The lowest BCUT2D eigenvalue weighted by atomic mass is 10.1. The molecule has 0 unspecified atom stereocenters. The summed E-state index contributed by atoms with van der Waals surface area (Å²) >= 11 is 1.95. The van der Waals surface area contributed by atoms with Gasteiger partial charge in [0.15, 0.2) is 0 Å². The van der Waals surface area contributed by atoms with Crippen molar-refractivity contribution in [2.75, 3.05) is 13.6 Å². The number of aryl methyl sites for hydroxylation is 1. The van der Waals surface area contributed by atoms with Crippen LogP contribution in [0.15, 0.2) is 11.4 Å². The molecular formula is C13H21NS. The van der Waals surface area contributed by atoms with Gasteiger partial charge in [-0.25, -0.2) is 0 Å². The molecule has 2 rings (SSSR count). The monoisotopic (exact) mass is 223 g/mol. The molecule has 0 atom stereocenters. The second-order valence-corrected chi connectivity index (χ2v) is 5.63. The van der Waals surface area contributed by atoms with Crippen molar-refractivity contribution in [1.82, 2.24) is 4.90 Å². The minimum Gasteiger partial charge on any atom is -0.302 e. The lowest BCUT2D eigenvalue weighted by Crippen LogP contribution is -2.19. The zero-order valence-corrected chi connectivity index (χ0v) is 10.5. The Hall–Kier alpha value is -0.340. The maximum absolute atomic E-state index is 2.47. The molecule has 0 saturated carbocycles. The maximum atomic E-state index is 2.47. The van der Waals surface area contributed by atoms with Gasteiger partial charge in [-0.3, -0.25) is 0 Å². The predicted octanol–water partition coefficient (Wildman–Crippen LogP) is 3.69. The quantitative estimate of drug-likeness (QED) is 0.648. The molecule has 1 nitrogen and oxygen atoms in total. The van der Waals surface area contributed by atoms with Crippen LogP contribution in [0, 0.1) is 0 Å². The predicted molar refractivity (Wildman–Crippen MR) is 67.4 cm³/mol. The van der Waals surface area contributed by atoms with Crippen molar-refractivity contribution in [3.05, 3.63) is 21.9 Å². The lowest BCUT2D eigenvalue weighted by molar-refractivity contribution is 0.317. The highest BCUT2D eigenvalue weighted by Crippen LogP contribution is 2.22. The first-order chi connectivity index (χ1) is 7.36. The van der Waals surface area contributed by atoms with Crippen molar-refractivity contribution in [3.63, 3.8) is 0 Å². The van der Waals surface area contributed by atoms with Crippen molar-refractivity contribution in [2.24, 2.45) is 0 Å². The van der Waals surface area contributed by atoms with Gasteiger partial charge in [0.2, 0.25) is 0 Å². The van der Waals surface area contributed by atoms with E-state index >= 15 is 0 Å². The first-order valence-electron chi connectivity index (χ1n) is 6.10. The van der Waals surface area contributed by atoms with Crippen LogP contribution in [0.2, 0.25) is 0 Å². The highest BCUT2D eigenvalue weighted by molar-refractivity contribution is 7.10. The normalized spacial score (nSPS) is 20.6. The molecule has 15 heavy (non-hydrogen) atoms. The highest BCUT2D eigenvalue weighted by Gasteiger charge is 2.08. The van der Waals surface area contributed by atoms with Gasteiger partial charge in [0.05, 0.1) is 0 Å². The van der Waals surface area contributed by atoms with Crippen LogP contribution in [0.25, 0.3) is 0 Å². The van der Waals surface area contributed by atoms with E-state index in [1.807, 2.05) is 11.3 Å². The van der Waals surface area contributed by atoms with Gasteiger partial charge in [-0.15, -0.1) is 11.3 Å². The molecule has 1 aliphatic heterocycles. The minimum absolute atomic E-state index is 1.15. The standard InChI is InChI=1S/C13H21NS/c1-14-9-6-4-2-3-5-7-13-12(11-14)8-10-15-13/h8,10H,2-7,9,11H2,1H3. The van der Waals surface area contributed by atoms with Crippen molar-refractivity contribution >= 4 is 11.3 Å². The number of hydrogen-bond acceptors (Lipinski definition) is 2. The fraction of sp³-hybridized carbons (Fsp3) is 0.692. The summed E-state index contributed by atoms with van der Waals surface area (Å²) in [6.07, 6.45) is 8.32. The van der Waals surface area contributed by atoms with Crippen molar-refractivity contribution < 1.29 is 0 Å². The van der Waals surface area contributed by atoms with E-state index in [2.05, 4.69) is 23.4 Å². The van der Waals surface area contributed by atoms with Crippen LogP contribution >= 0.6 is 11.3 Å². The third-order valence-electron chi connectivity index (χ3n) is 3.22. The summed E-state index contributed by atoms with van der Waals surface area (Å²) in [7, 11) is 2.25. The second-order valence-electron chi connectivity index (χ2n) is 4.62. The van der Waals surface area contributed by atoms with Gasteiger partial charge in [-0.2, -0.15) is 0 Å². The van der Waals surface area contributed by atoms with Gasteiger partial charge in [0.1, 0.15) is 0 Å². The summed E-state index contributed by atoms with van der Waals surface area (Å²) in [5, 5.41) is 2.25. The van der Waals surface area contributed by atoms with Gasteiger partial charge in [-0.05, 0) is 49.9 Å². The third-order valence-corrected chi connectivity index (χ3v) is 4.24. The number of fused-ring (bicyclic) bond motifs is 1. The van der Waals surface area contributed by atoms with Gasteiger partial charge in [0.25, 0.3) is 0 Å². The molecular weight excluding hydrogens is 202 g/mol. The molecule has 1 aromatic heterocycles. The summed E-state index contributed by atoms with van der Waals surface area (Å²) in [4.78, 5) is 4.10. The Morgan fingerprint density at radius 1 is 1.13 bits per heavy atom. The molecule has 2 heteroatoms. The van der Waals surface area contributed by atoms with E-state index in [9.17, 15) is 0 Å². The smallest absolute Gasteiger partial charge is 0.0241 e. The number of rotatable bonds is 0. The Morgan fingerprint density at radius 2 is 1.93 bits per heavy atom. The summed E-state index contributed by atoms with van der Waals surface area (Å²) in [5.74, 6) is 0. The van der Waals surface area contributed by atoms with E-state index in [0.29, 0.717) is 0 Å². The van der Waals surface area contributed by atoms with Crippen LogP contribution in [-0.2, 0) is 13.0 Å². The van der Waals surface area contributed by atoms with Crippen molar-refractivity contribution in [2.45, 2.75) is 45.1 Å². The Kier molecular flexibility index (Phi) is 4.21. The average Bonchev–Trinajstić information content (AvgIpc) is 2.62. The van der Waals surface area contributed by atoms with E-state index in [1.165, 1.54) is 45.1 Å². The summed E-state index contributed by atoms with van der Waals surface area (Å²) < 4.78 is 0. The van der Waals surface area contributed by atoms with Crippen LogP contribution < -0.4 is 0 Å². The molecule has 0 fully saturated rings. The van der Waals surface area contributed by atoms with Crippen LogP contribution in [0.1, 0.15) is 42.5 Å². The zero-order valence-electron chi connectivity index (χ0n) is 9.67. The SMILES string of the molecule is CN1CCCCCCCc2sccc2C1. The highest BCUT2D eigenvalue weighted by atomic mass is 32.1. The van der Waals surface area contributed by atoms with Crippen LogP contribution in [0.3, 0.4) is 0 Å². The van der Waals surface area contributed by atoms with Gasteiger partial charge in [0, 0.05) is 11.4 Å². The summed E-state index contributed by atoms with van der Waals surface area (Å²) in [6, 6.07) is 2.31. The first-order valence-corrected chi connectivity index (χ1v) is 6.98. The molecule has 84 valence electrons. The maximum Gasteiger partial charge on any atom is 0.0241 e. The molecule has 0 spiro atoms. The Balaban J connectivity index is 2.04. The Bertz CT molecular complexity index is 292. The van der Waals surface area contributed by atoms with Gasteiger partial charge >= 0.3 is 0 Å². The van der Waals surface area contributed by atoms with E-state index < -0.39 is 0 Å². The Morgan fingerprint density at radius 3 is 2.87 bits per heavy atom. The molecule has 0 amide bonds. The molecule has 0 saturated heterocycles. The van der Waals surface area contributed by atoms with Gasteiger partial charge in [-0.1, -0.05) is 19.3 Å². The molecule has 0 aromatic carbocycles. The Labute approximate surface area is 97.1 Å². The van der Waals surface area contributed by atoms with E-state index in [-0.39, 0.29) is 0 Å². The number of thiophene rings is 1. The van der Waals surface area contributed by atoms with E-state index in [0.717, 1.165) is 6.54 Å². The lowest BCUT2D eigenvalue weighted by Gasteiger charge is -2.16. The first kappa shape index (κ1) is 11.2. The number of nitrogens with zero attached hydrogens (tertiary/aromatic N) is 1. The van der Waals surface area contributed by atoms with Crippen LogP contribution in [-0.4, -0.2) is 18.5 Å². The van der Waals surface area contributed by atoms with Crippen molar-refractivity contribution in [3.8, 4) is 0 Å².